The number of aromatic hydroxyl groups is 2. The third-order valence-corrected chi connectivity index (χ3v) is 3.87. The molecule has 0 spiro atoms. The minimum absolute atomic E-state index is 0.0567. The Balaban J connectivity index is 2.49. The highest BCUT2D eigenvalue weighted by atomic mass is 35.5. The van der Waals surface area contributed by atoms with Crippen molar-refractivity contribution in [3.05, 3.63) is 22.2 Å². The number of carboxylic acid groups (broad SMARTS) is 1. The van der Waals surface area contributed by atoms with Gasteiger partial charge in [-0.05, 0) is 31.2 Å². The summed E-state index contributed by atoms with van der Waals surface area (Å²) in [5.74, 6) is -1.48. The van der Waals surface area contributed by atoms with Crippen LogP contribution in [0.3, 0.4) is 0 Å². The van der Waals surface area contributed by atoms with E-state index in [0.717, 1.165) is 12.8 Å². The van der Waals surface area contributed by atoms with E-state index >= 15 is 0 Å². The zero-order valence-electron chi connectivity index (χ0n) is 9.98. The normalized spacial score (nSPS) is 16.6. The number of carbonyl (C=O) groups is 1. The first kappa shape index (κ1) is 13.0. The van der Waals surface area contributed by atoms with Crippen LogP contribution in [0.1, 0.15) is 36.3 Å². The van der Waals surface area contributed by atoms with Crippen LogP contribution in [0.2, 0.25) is 5.02 Å². The van der Waals surface area contributed by atoms with Gasteiger partial charge in [0, 0.05) is 22.6 Å². The van der Waals surface area contributed by atoms with Crippen molar-refractivity contribution in [3.63, 3.8) is 0 Å². The predicted molar refractivity (Wildman–Crippen MR) is 67.2 cm³/mol. The number of aliphatic carboxylic acids is 1. The Kier molecular flexibility index (Phi) is 3.39. The molecular formula is C13H15ClO4. The van der Waals surface area contributed by atoms with Gasteiger partial charge in [-0.1, -0.05) is 11.6 Å². The van der Waals surface area contributed by atoms with Crippen molar-refractivity contribution in [2.45, 2.75) is 32.1 Å². The Morgan fingerprint density at radius 2 is 2.11 bits per heavy atom. The second-order valence-electron chi connectivity index (χ2n) is 4.81. The monoisotopic (exact) mass is 270 g/mol. The third kappa shape index (κ3) is 2.38. The van der Waals surface area contributed by atoms with E-state index in [4.69, 9.17) is 16.7 Å². The Labute approximate surface area is 110 Å². The molecule has 0 aliphatic heterocycles. The lowest BCUT2D eigenvalue weighted by Gasteiger charge is -2.20. The summed E-state index contributed by atoms with van der Waals surface area (Å²) in [6, 6.07) is 1.28. The average molecular weight is 271 g/mol. The fourth-order valence-electron chi connectivity index (χ4n) is 2.39. The van der Waals surface area contributed by atoms with Crippen LogP contribution < -0.4 is 0 Å². The van der Waals surface area contributed by atoms with Gasteiger partial charge in [0.15, 0.2) is 11.5 Å². The molecule has 5 heteroatoms. The molecule has 0 bridgehead atoms. The summed E-state index contributed by atoms with van der Waals surface area (Å²) in [5.41, 5.74) is 1.12. The first-order chi connectivity index (χ1) is 8.41. The molecule has 0 aromatic heterocycles. The third-order valence-electron chi connectivity index (χ3n) is 3.48. The molecule has 1 saturated carbocycles. The van der Waals surface area contributed by atoms with Crippen molar-refractivity contribution < 1.29 is 20.1 Å². The molecule has 1 aromatic rings. The van der Waals surface area contributed by atoms with E-state index in [1.165, 1.54) is 6.07 Å². The van der Waals surface area contributed by atoms with E-state index in [-0.39, 0.29) is 29.8 Å². The van der Waals surface area contributed by atoms with Gasteiger partial charge in [-0.2, -0.15) is 0 Å². The van der Waals surface area contributed by atoms with Gasteiger partial charge in [-0.15, -0.1) is 0 Å². The lowest BCUT2D eigenvalue weighted by molar-refractivity contribution is -0.137. The van der Waals surface area contributed by atoms with Crippen molar-refractivity contribution >= 4 is 17.6 Å². The van der Waals surface area contributed by atoms with Crippen LogP contribution in [-0.2, 0) is 4.79 Å². The highest BCUT2D eigenvalue weighted by molar-refractivity contribution is 6.31. The summed E-state index contributed by atoms with van der Waals surface area (Å²) >= 11 is 5.98. The quantitative estimate of drug-likeness (QED) is 0.735. The fraction of sp³-hybridized carbons (Fsp3) is 0.462. The van der Waals surface area contributed by atoms with E-state index in [0.29, 0.717) is 16.1 Å². The number of hydrogen-bond donors (Lipinski definition) is 3. The van der Waals surface area contributed by atoms with Crippen molar-refractivity contribution in [2.24, 2.45) is 5.92 Å². The number of rotatable bonds is 4. The maximum absolute atomic E-state index is 10.9. The molecule has 0 amide bonds. The molecule has 1 unspecified atom stereocenters. The van der Waals surface area contributed by atoms with Crippen molar-refractivity contribution in [2.75, 3.05) is 0 Å². The van der Waals surface area contributed by atoms with Gasteiger partial charge in [-0.3, -0.25) is 4.79 Å². The van der Waals surface area contributed by atoms with E-state index in [2.05, 4.69) is 0 Å². The molecule has 18 heavy (non-hydrogen) atoms. The molecular weight excluding hydrogens is 256 g/mol. The standard InChI is InChI=1S/C13H15ClO4/c1-6-9(14)5-10(15)13(18)12(6)8(4-11(16)17)7-2-3-7/h5,7-8,15,18H,2-4H2,1H3,(H,16,17). The van der Waals surface area contributed by atoms with Crippen LogP contribution in [0.15, 0.2) is 6.07 Å². The van der Waals surface area contributed by atoms with Crippen LogP contribution in [0.4, 0.5) is 0 Å². The molecule has 1 aromatic carbocycles. The second kappa shape index (κ2) is 4.69. The molecule has 0 heterocycles. The van der Waals surface area contributed by atoms with E-state index in [9.17, 15) is 15.0 Å². The second-order valence-corrected chi connectivity index (χ2v) is 5.21. The smallest absolute Gasteiger partial charge is 0.303 e. The molecule has 0 saturated heterocycles. The van der Waals surface area contributed by atoms with E-state index in [1.807, 2.05) is 0 Å². The Morgan fingerprint density at radius 3 is 2.61 bits per heavy atom. The molecule has 1 atom stereocenters. The minimum atomic E-state index is -0.912. The molecule has 98 valence electrons. The minimum Gasteiger partial charge on any atom is -0.504 e. The van der Waals surface area contributed by atoms with Gasteiger partial charge in [0.2, 0.25) is 0 Å². The van der Waals surface area contributed by atoms with E-state index < -0.39 is 5.97 Å². The van der Waals surface area contributed by atoms with Crippen LogP contribution in [0, 0.1) is 12.8 Å². The van der Waals surface area contributed by atoms with Crippen LogP contribution >= 0.6 is 11.6 Å². The summed E-state index contributed by atoms with van der Waals surface area (Å²) in [7, 11) is 0. The molecule has 4 nitrogen and oxygen atoms in total. The van der Waals surface area contributed by atoms with Gasteiger partial charge >= 0.3 is 5.97 Å². The number of hydrogen-bond acceptors (Lipinski definition) is 3. The van der Waals surface area contributed by atoms with Crippen LogP contribution in [0.5, 0.6) is 11.5 Å². The summed E-state index contributed by atoms with van der Waals surface area (Å²) in [4.78, 5) is 10.9. The maximum Gasteiger partial charge on any atom is 0.303 e. The zero-order chi connectivity index (χ0) is 13.4. The summed E-state index contributed by atoms with van der Waals surface area (Å²) in [6.07, 6.45) is 1.84. The molecule has 0 radical (unpaired) electrons. The summed E-state index contributed by atoms with van der Waals surface area (Å²) < 4.78 is 0. The number of phenolic OH excluding ortho intramolecular Hbond substituents is 2. The number of phenols is 2. The van der Waals surface area contributed by atoms with Gasteiger partial charge < -0.3 is 15.3 Å². The number of carboxylic acids is 1. The highest BCUT2D eigenvalue weighted by Gasteiger charge is 2.37. The van der Waals surface area contributed by atoms with Crippen molar-refractivity contribution in [3.8, 4) is 11.5 Å². The lowest BCUT2D eigenvalue weighted by Crippen LogP contribution is -2.10. The first-order valence-electron chi connectivity index (χ1n) is 5.84. The summed E-state index contributed by atoms with van der Waals surface area (Å²) in [6.45, 7) is 1.73. The maximum atomic E-state index is 10.9. The van der Waals surface area contributed by atoms with Gasteiger partial charge in [0.25, 0.3) is 0 Å². The molecule has 1 aliphatic rings. The predicted octanol–water partition coefficient (Wildman–Crippen LogP) is 3.03. The highest BCUT2D eigenvalue weighted by Crippen LogP contribution is 2.50. The molecule has 1 fully saturated rings. The largest absolute Gasteiger partial charge is 0.504 e. The zero-order valence-corrected chi connectivity index (χ0v) is 10.7. The van der Waals surface area contributed by atoms with Gasteiger partial charge in [0.1, 0.15) is 0 Å². The molecule has 3 N–H and O–H groups in total. The van der Waals surface area contributed by atoms with Crippen LogP contribution in [0.25, 0.3) is 0 Å². The van der Waals surface area contributed by atoms with Gasteiger partial charge in [0.05, 0.1) is 6.42 Å². The molecule has 1 aliphatic carbocycles. The van der Waals surface area contributed by atoms with Gasteiger partial charge in [-0.25, -0.2) is 0 Å². The van der Waals surface area contributed by atoms with E-state index in [1.54, 1.807) is 6.92 Å². The summed E-state index contributed by atoms with van der Waals surface area (Å²) in [5, 5.41) is 28.9. The van der Waals surface area contributed by atoms with Crippen LogP contribution in [-0.4, -0.2) is 21.3 Å². The first-order valence-corrected chi connectivity index (χ1v) is 6.22. The van der Waals surface area contributed by atoms with Crippen molar-refractivity contribution in [1.82, 2.24) is 0 Å². The Morgan fingerprint density at radius 1 is 1.50 bits per heavy atom. The Bertz CT molecular complexity index is 468. The number of halogens is 1. The molecule has 2 rings (SSSR count). The lowest BCUT2D eigenvalue weighted by atomic mass is 9.87. The van der Waals surface area contributed by atoms with Crippen molar-refractivity contribution in [1.29, 1.82) is 0 Å². The Hall–Kier alpha value is -1.42. The fourth-order valence-corrected chi connectivity index (χ4v) is 2.59. The SMILES string of the molecule is Cc1c(Cl)cc(O)c(O)c1C(CC(=O)O)C1CC1. The average Bonchev–Trinajstić information content (AvgIpc) is 3.08. The number of benzene rings is 1. The topological polar surface area (TPSA) is 77.8 Å².